The van der Waals surface area contributed by atoms with Crippen LogP contribution in [-0.2, 0) is 24.6 Å². The van der Waals surface area contributed by atoms with Crippen LogP contribution in [0.25, 0.3) is 21.8 Å². The lowest BCUT2D eigenvalue weighted by Gasteiger charge is -2.05. The van der Waals surface area contributed by atoms with Crippen LogP contribution >= 0.6 is 73.7 Å². The summed E-state index contributed by atoms with van der Waals surface area (Å²) in [5.41, 5.74) is 0.405. The minimum atomic E-state index is -4.02. The standard InChI is InChI=1S/C9H6Cl2N2O2S.C9H7ClN2O3S.Cl3OP/c10-5-1-2-7-6(3-5)9(11)8(4-13-7)16(12,14)15;10-5-1-2-7-6(3-5)9(13)8(4-12-7)16(11,14)15;1-5(2,3)4/h1-4H,(H2,12,14,15);1-4H,(H,12,13)(H2,11,14,15);. The molecule has 37 heavy (non-hydrogen) atoms. The number of aromatic amines is 1. The highest BCUT2D eigenvalue weighted by Crippen LogP contribution is 2.61. The number of sulfonamides is 2. The predicted molar refractivity (Wildman–Crippen MR) is 149 cm³/mol. The highest BCUT2D eigenvalue weighted by atomic mass is 36.0. The van der Waals surface area contributed by atoms with Gasteiger partial charge in [0.15, 0.2) is 0 Å². The lowest BCUT2D eigenvalue weighted by molar-refractivity contribution is 0.595. The van der Waals surface area contributed by atoms with Crippen molar-refractivity contribution in [2.24, 2.45) is 10.3 Å². The summed E-state index contributed by atoms with van der Waals surface area (Å²) in [6, 6.07) is 9.41. The number of benzene rings is 2. The number of halogens is 6. The Hall–Kier alpha value is -1.15. The zero-order chi connectivity index (χ0) is 28.3. The molecule has 0 saturated heterocycles. The molecule has 0 saturated carbocycles. The van der Waals surface area contributed by atoms with E-state index in [-0.39, 0.29) is 15.3 Å². The van der Waals surface area contributed by atoms with E-state index in [2.05, 4.69) is 43.7 Å². The number of H-pyrrole nitrogens is 1. The molecule has 19 heteroatoms. The number of nitrogens with two attached hydrogens (primary N) is 2. The summed E-state index contributed by atoms with van der Waals surface area (Å²) in [7, 11) is -7.90. The number of aromatic nitrogens is 2. The van der Waals surface area contributed by atoms with Crippen molar-refractivity contribution in [2.45, 2.75) is 9.79 Å². The number of nitrogens with zero attached hydrogens (tertiary/aromatic N) is 1. The van der Waals surface area contributed by atoms with Crippen molar-refractivity contribution in [3.8, 4) is 0 Å². The van der Waals surface area contributed by atoms with E-state index in [4.69, 9.17) is 45.1 Å². The van der Waals surface area contributed by atoms with Gasteiger partial charge in [0.1, 0.15) is 9.79 Å². The molecule has 0 unspecified atom stereocenters. The van der Waals surface area contributed by atoms with Crippen LogP contribution in [0.15, 0.2) is 63.4 Å². The zero-order valence-corrected chi connectivity index (χ0v) is 24.8. The Balaban J connectivity index is 0.000000221. The van der Waals surface area contributed by atoms with Crippen LogP contribution < -0.4 is 15.7 Å². The van der Waals surface area contributed by atoms with E-state index in [9.17, 15) is 26.2 Å². The molecule has 0 bridgehead atoms. The van der Waals surface area contributed by atoms with Crippen molar-refractivity contribution in [1.29, 1.82) is 0 Å². The first-order valence-corrected chi connectivity index (χ1v) is 17.7. The molecule has 2 heterocycles. The Kier molecular flexibility index (Phi) is 10.7. The average molecular weight is 689 g/mol. The van der Waals surface area contributed by atoms with Crippen molar-refractivity contribution >= 4 is 116 Å². The van der Waals surface area contributed by atoms with E-state index in [0.717, 1.165) is 12.4 Å². The number of pyridine rings is 2. The van der Waals surface area contributed by atoms with Crippen LogP contribution in [0.4, 0.5) is 0 Å². The molecule has 10 nitrogen and oxygen atoms in total. The summed E-state index contributed by atoms with van der Waals surface area (Å²) < 4.78 is 54.1. The van der Waals surface area contributed by atoms with Crippen LogP contribution in [-0.4, -0.2) is 26.8 Å². The normalized spacial score (nSPS) is 11.9. The van der Waals surface area contributed by atoms with Gasteiger partial charge in [-0.1, -0.05) is 34.8 Å². The molecule has 0 spiro atoms. The van der Waals surface area contributed by atoms with Crippen LogP contribution in [0, 0.1) is 0 Å². The second-order valence-electron chi connectivity index (χ2n) is 6.76. The van der Waals surface area contributed by atoms with Gasteiger partial charge in [0.05, 0.1) is 10.5 Å². The summed E-state index contributed by atoms with van der Waals surface area (Å²) in [6.07, 6.45) is 2.21. The summed E-state index contributed by atoms with van der Waals surface area (Å²) in [5, 5.41) is 8.17. The molecule has 200 valence electrons. The first-order valence-electron chi connectivity index (χ1n) is 9.08. The Bertz CT molecular complexity index is 1810. The maximum absolute atomic E-state index is 11.8. The van der Waals surface area contributed by atoms with Crippen molar-refractivity contribution < 1.29 is 21.4 Å². The Morgan fingerprint density at radius 1 is 0.811 bits per heavy atom. The van der Waals surface area contributed by atoms with Crippen LogP contribution in [0.1, 0.15) is 0 Å². The van der Waals surface area contributed by atoms with Crippen molar-refractivity contribution in [1.82, 2.24) is 9.97 Å². The third kappa shape index (κ3) is 9.52. The number of nitrogens with one attached hydrogen (secondary N) is 1. The van der Waals surface area contributed by atoms with Gasteiger partial charge in [0.2, 0.25) is 25.5 Å². The van der Waals surface area contributed by atoms with Gasteiger partial charge in [0.25, 0.3) is 0 Å². The SMILES string of the molecule is NS(=O)(=O)c1c[nH]c2ccc(Cl)cc2c1=O.NS(=O)(=O)c1cnc2ccc(Cl)cc2c1Cl.O=P(Cl)(Cl)Cl. The maximum atomic E-state index is 11.8. The summed E-state index contributed by atoms with van der Waals surface area (Å²) in [4.78, 5) is 17.7. The third-order valence-electron chi connectivity index (χ3n) is 4.15. The van der Waals surface area contributed by atoms with Crippen molar-refractivity contribution in [3.63, 3.8) is 0 Å². The van der Waals surface area contributed by atoms with Gasteiger partial charge in [-0.25, -0.2) is 27.1 Å². The van der Waals surface area contributed by atoms with E-state index >= 15 is 0 Å². The molecule has 4 aromatic rings. The lowest BCUT2D eigenvalue weighted by Crippen LogP contribution is -2.21. The van der Waals surface area contributed by atoms with Gasteiger partial charge in [-0.05, 0) is 70.1 Å². The minimum Gasteiger partial charge on any atom is -0.360 e. The van der Waals surface area contributed by atoms with Crippen LogP contribution in [0.3, 0.4) is 0 Å². The molecule has 5 N–H and O–H groups in total. The second-order valence-corrected chi connectivity index (χ2v) is 17.7. The Labute approximate surface area is 239 Å². The van der Waals surface area contributed by atoms with Gasteiger partial charge in [-0.3, -0.25) is 14.3 Å². The largest absolute Gasteiger partial charge is 0.360 e. The molecule has 0 fully saturated rings. The Morgan fingerprint density at radius 3 is 1.81 bits per heavy atom. The quantitative estimate of drug-likeness (QED) is 0.221. The van der Waals surface area contributed by atoms with Crippen LogP contribution in [0.2, 0.25) is 15.1 Å². The summed E-state index contributed by atoms with van der Waals surface area (Å²) in [5.74, 6) is 0. The van der Waals surface area contributed by atoms with Crippen molar-refractivity contribution in [3.05, 3.63) is 74.1 Å². The molecule has 0 atom stereocenters. The summed E-state index contributed by atoms with van der Waals surface area (Å²) >= 11 is 31.3. The van der Waals surface area contributed by atoms with Gasteiger partial charge < -0.3 is 4.98 Å². The molecular formula is C18H13Cl6N4O6PS2. The molecule has 0 aliphatic heterocycles. The molecule has 0 amide bonds. The molecular weight excluding hydrogens is 676 g/mol. The van der Waals surface area contributed by atoms with E-state index in [1.807, 2.05) is 0 Å². The van der Waals surface area contributed by atoms with Gasteiger partial charge in [-0.15, -0.1) is 0 Å². The molecule has 0 radical (unpaired) electrons. The first-order chi connectivity index (χ1) is 16.8. The highest BCUT2D eigenvalue weighted by Gasteiger charge is 2.17. The Morgan fingerprint density at radius 2 is 1.30 bits per heavy atom. The van der Waals surface area contributed by atoms with Gasteiger partial charge in [0, 0.05) is 38.7 Å². The molecule has 2 aromatic heterocycles. The van der Waals surface area contributed by atoms with E-state index in [0.29, 0.717) is 26.5 Å². The fourth-order valence-corrected chi connectivity index (χ4v) is 4.71. The highest BCUT2D eigenvalue weighted by molar-refractivity contribution is 8.24. The fourth-order valence-electron chi connectivity index (χ4n) is 2.70. The number of rotatable bonds is 2. The first kappa shape index (κ1) is 32.1. The zero-order valence-electron chi connectivity index (χ0n) is 17.7. The second kappa shape index (κ2) is 12.4. The smallest absolute Gasteiger partial charge is 0.339 e. The number of primary sulfonamides is 2. The lowest BCUT2D eigenvalue weighted by atomic mass is 10.2. The number of hydrogen-bond acceptors (Lipinski definition) is 7. The maximum Gasteiger partial charge on any atom is 0.339 e. The monoisotopic (exact) mass is 686 g/mol. The predicted octanol–water partition coefficient (Wildman–Crippen LogP) is 5.83. The average Bonchev–Trinajstić information content (AvgIpc) is 2.72. The van der Waals surface area contributed by atoms with Gasteiger partial charge >= 0.3 is 5.20 Å². The molecule has 4 rings (SSSR count). The van der Waals surface area contributed by atoms with E-state index < -0.39 is 35.6 Å². The third-order valence-corrected chi connectivity index (χ3v) is 6.98. The van der Waals surface area contributed by atoms with Crippen molar-refractivity contribution in [2.75, 3.05) is 0 Å². The number of hydrogen-bond donors (Lipinski definition) is 3. The van der Waals surface area contributed by atoms with E-state index in [1.165, 1.54) is 6.07 Å². The van der Waals surface area contributed by atoms with Gasteiger partial charge in [-0.2, -0.15) is 0 Å². The topological polar surface area (TPSA) is 183 Å². The number of fused-ring (bicyclic) bond motifs is 2. The van der Waals surface area contributed by atoms with Crippen LogP contribution in [0.5, 0.6) is 0 Å². The van der Waals surface area contributed by atoms with E-state index in [1.54, 1.807) is 30.3 Å². The molecule has 0 aliphatic carbocycles. The fraction of sp³-hybridized carbons (Fsp3) is 0. The molecule has 0 aliphatic rings. The minimum absolute atomic E-state index is 0.0370. The molecule has 2 aromatic carbocycles. The summed E-state index contributed by atoms with van der Waals surface area (Å²) in [6.45, 7) is 0.